The van der Waals surface area contributed by atoms with Gasteiger partial charge in [-0.15, -0.1) is 0 Å². The Hall–Kier alpha value is -1.55. The van der Waals surface area contributed by atoms with E-state index in [1.54, 1.807) is 12.1 Å². The lowest BCUT2D eigenvalue weighted by Gasteiger charge is -2.40. The zero-order valence-electron chi connectivity index (χ0n) is 11.4. The first-order chi connectivity index (χ1) is 9.04. The second-order valence-electron chi connectivity index (χ2n) is 5.69. The molecule has 0 aromatic heterocycles. The van der Waals surface area contributed by atoms with Gasteiger partial charge in [0.25, 0.3) is 5.91 Å². The minimum Gasteiger partial charge on any atom is -0.508 e. The molecule has 1 aliphatic carbocycles. The number of phenols is 1. The molecule has 2 unspecified atom stereocenters. The summed E-state index contributed by atoms with van der Waals surface area (Å²) in [5.74, 6) is 0.647. The van der Waals surface area contributed by atoms with Crippen molar-refractivity contribution < 1.29 is 9.90 Å². The molecule has 0 saturated heterocycles. The zero-order valence-corrected chi connectivity index (χ0v) is 11.4. The number of carbonyl (C=O) groups is 1. The van der Waals surface area contributed by atoms with Crippen molar-refractivity contribution in [2.75, 3.05) is 6.54 Å². The lowest BCUT2D eigenvalue weighted by atomic mass is 9.76. The van der Waals surface area contributed by atoms with Crippen molar-refractivity contribution in [2.45, 2.75) is 38.1 Å². The normalized spacial score (nSPS) is 26.9. The zero-order chi connectivity index (χ0) is 13.9. The van der Waals surface area contributed by atoms with Crippen molar-refractivity contribution in [1.82, 2.24) is 5.32 Å². The van der Waals surface area contributed by atoms with Crippen molar-refractivity contribution in [2.24, 2.45) is 11.7 Å². The second-order valence-corrected chi connectivity index (χ2v) is 5.69. The van der Waals surface area contributed by atoms with Gasteiger partial charge in [0, 0.05) is 12.1 Å². The number of carbonyl (C=O) groups excluding carboxylic acids is 1. The Morgan fingerprint density at radius 3 is 2.74 bits per heavy atom. The van der Waals surface area contributed by atoms with Gasteiger partial charge in [-0.1, -0.05) is 19.8 Å². The topological polar surface area (TPSA) is 75.3 Å². The third kappa shape index (κ3) is 3.26. The fourth-order valence-electron chi connectivity index (χ4n) is 2.94. The van der Waals surface area contributed by atoms with Crippen molar-refractivity contribution >= 4 is 5.91 Å². The summed E-state index contributed by atoms with van der Waals surface area (Å²) in [4.78, 5) is 12.2. The molecule has 1 saturated carbocycles. The summed E-state index contributed by atoms with van der Waals surface area (Å²) in [6.45, 7) is 2.68. The highest BCUT2D eigenvalue weighted by atomic mass is 16.3. The molecule has 1 aromatic rings. The Balaban J connectivity index is 2.09. The maximum atomic E-state index is 12.2. The number of benzene rings is 1. The van der Waals surface area contributed by atoms with Crippen LogP contribution in [-0.2, 0) is 0 Å². The van der Waals surface area contributed by atoms with Gasteiger partial charge in [0.1, 0.15) is 5.75 Å². The molecule has 2 rings (SSSR count). The van der Waals surface area contributed by atoms with Crippen LogP contribution in [0.2, 0.25) is 0 Å². The Bertz CT molecular complexity index is 444. The molecule has 0 spiro atoms. The first kappa shape index (κ1) is 13.9. The molecule has 4 heteroatoms. The van der Waals surface area contributed by atoms with Gasteiger partial charge in [-0.3, -0.25) is 4.79 Å². The van der Waals surface area contributed by atoms with Crippen LogP contribution in [0.5, 0.6) is 5.75 Å². The largest absolute Gasteiger partial charge is 0.508 e. The van der Waals surface area contributed by atoms with E-state index in [1.807, 2.05) is 0 Å². The van der Waals surface area contributed by atoms with Gasteiger partial charge in [0.2, 0.25) is 0 Å². The SMILES string of the molecule is CC1CCCC(CN)(NC(=O)c2ccc(O)cc2)C1. The van der Waals surface area contributed by atoms with E-state index < -0.39 is 0 Å². The molecular formula is C15H22N2O2. The molecule has 2 atom stereocenters. The molecule has 19 heavy (non-hydrogen) atoms. The lowest BCUT2D eigenvalue weighted by Crippen LogP contribution is -2.56. The van der Waals surface area contributed by atoms with Crippen molar-refractivity contribution in [3.05, 3.63) is 29.8 Å². The average Bonchev–Trinajstić information content (AvgIpc) is 2.39. The van der Waals surface area contributed by atoms with E-state index in [1.165, 1.54) is 18.6 Å². The van der Waals surface area contributed by atoms with Gasteiger partial charge < -0.3 is 16.2 Å². The number of rotatable bonds is 3. The molecule has 1 aliphatic rings. The van der Waals surface area contributed by atoms with Crippen LogP contribution >= 0.6 is 0 Å². The van der Waals surface area contributed by atoms with Gasteiger partial charge in [-0.05, 0) is 43.0 Å². The Kier molecular flexibility index (Phi) is 4.10. The van der Waals surface area contributed by atoms with Crippen LogP contribution in [0, 0.1) is 5.92 Å². The Morgan fingerprint density at radius 1 is 1.47 bits per heavy atom. The maximum Gasteiger partial charge on any atom is 0.251 e. The number of amides is 1. The minimum absolute atomic E-state index is 0.112. The van der Waals surface area contributed by atoms with E-state index in [0.29, 0.717) is 18.0 Å². The molecule has 104 valence electrons. The third-order valence-electron chi connectivity index (χ3n) is 3.99. The highest BCUT2D eigenvalue weighted by molar-refractivity contribution is 5.94. The van der Waals surface area contributed by atoms with E-state index in [9.17, 15) is 9.90 Å². The highest BCUT2D eigenvalue weighted by Crippen LogP contribution is 2.31. The van der Waals surface area contributed by atoms with E-state index in [0.717, 1.165) is 19.3 Å². The summed E-state index contributed by atoms with van der Waals surface area (Å²) in [5, 5.41) is 12.3. The van der Waals surface area contributed by atoms with Crippen molar-refractivity contribution in [1.29, 1.82) is 0 Å². The highest BCUT2D eigenvalue weighted by Gasteiger charge is 2.35. The number of hydrogen-bond acceptors (Lipinski definition) is 3. The van der Waals surface area contributed by atoms with Crippen LogP contribution in [-0.4, -0.2) is 23.1 Å². The average molecular weight is 262 g/mol. The number of phenolic OH excluding ortho intramolecular Hbond substituents is 1. The summed E-state index contributed by atoms with van der Waals surface area (Å²) >= 11 is 0. The van der Waals surface area contributed by atoms with Crippen molar-refractivity contribution in [3.63, 3.8) is 0 Å². The first-order valence-electron chi connectivity index (χ1n) is 6.86. The van der Waals surface area contributed by atoms with Crippen LogP contribution in [0.4, 0.5) is 0 Å². The first-order valence-corrected chi connectivity index (χ1v) is 6.86. The van der Waals surface area contributed by atoms with Gasteiger partial charge in [0.05, 0.1) is 5.54 Å². The van der Waals surface area contributed by atoms with Crippen molar-refractivity contribution in [3.8, 4) is 5.75 Å². The maximum absolute atomic E-state index is 12.2. The second kappa shape index (κ2) is 5.61. The van der Waals surface area contributed by atoms with Crippen LogP contribution < -0.4 is 11.1 Å². The molecule has 1 amide bonds. The number of nitrogens with two attached hydrogens (primary N) is 1. The number of nitrogens with one attached hydrogen (secondary N) is 1. The number of hydrogen-bond donors (Lipinski definition) is 3. The predicted molar refractivity (Wildman–Crippen MR) is 75.0 cm³/mol. The molecule has 0 radical (unpaired) electrons. The summed E-state index contributed by atoms with van der Waals surface area (Å²) in [5.41, 5.74) is 6.18. The van der Waals surface area contributed by atoms with E-state index in [2.05, 4.69) is 12.2 Å². The molecule has 1 fully saturated rings. The fourth-order valence-corrected chi connectivity index (χ4v) is 2.94. The molecule has 0 aliphatic heterocycles. The third-order valence-corrected chi connectivity index (χ3v) is 3.99. The fraction of sp³-hybridized carbons (Fsp3) is 0.533. The molecular weight excluding hydrogens is 240 g/mol. The molecule has 0 heterocycles. The molecule has 4 N–H and O–H groups in total. The summed E-state index contributed by atoms with van der Waals surface area (Å²) in [6.07, 6.45) is 4.19. The van der Waals surface area contributed by atoms with E-state index in [4.69, 9.17) is 5.73 Å². The monoisotopic (exact) mass is 262 g/mol. The van der Waals surface area contributed by atoms with E-state index >= 15 is 0 Å². The number of aromatic hydroxyl groups is 1. The molecule has 4 nitrogen and oxygen atoms in total. The van der Waals surface area contributed by atoms with Crippen LogP contribution in [0.25, 0.3) is 0 Å². The summed E-state index contributed by atoms with van der Waals surface area (Å²) in [6, 6.07) is 6.29. The Morgan fingerprint density at radius 2 is 2.16 bits per heavy atom. The molecule has 1 aromatic carbocycles. The summed E-state index contributed by atoms with van der Waals surface area (Å²) < 4.78 is 0. The van der Waals surface area contributed by atoms with Crippen LogP contribution in [0.15, 0.2) is 24.3 Å². The Labute approximate surface area is 114 Å². The predicted octanol–water partition coefficient (Wildman–Crippen LogP) is 2.03. The smallest absolute Gasteiger partial charge is 0.251 e. The molecule has 0 bridgehead atoms. The quantitative estimate of drug-likeness (QED) is 0.780. The minimum atomic E-state index is -0.271. The van der Waals surface area contributed by atoms with E-state index in [-0.39, 0.29) is 17.2 Å². The standard InChI is InChI=1S/C15H22N2O2/c1-11-3-2-8-15(9-11,10-16)17-14(19)12-4-6-13(18)7-5-12/h4-7,11,18H,2-3,8-10,16H2,1H3,(H,17,19). The van der Waals surface area contributed by atoms with Gasteiger partial charge in [-0.2, -0.15) is 0 Å². The van der Waals surface area contributed by atoms with Gasteiger partial charge >= 0.3 is 0 Å². The van der Waals surface area contributed by atoms with Gasteiger partial charge in [0.15, 0.2) is 0 Å². The summed E-state index contributed by atoms with van der Waals surface area (Å²) in [7, 11) is 0. The van der Waals surface area contributed by atoms with Crippen LogP contribution in [0.3, 0.4) is 0 Å². The van der Waals surface area contributed by atoms with Gasteiger partial charge in [-0.25, -0.2) is 0 Å². The lowest BCUT2D eigenvalue weighted by molar-refractivity contribution is 0.0854. The van der Waals surface area contributed by atoms with Crippen LogP contribution in [0.1, 0.15) is 43.0 Å².